The third-order valence-corrected chi connectivity index (χ3v) is 2.94. The van der Waals surface area contributed by atoms with Gasteiger partial charge in [-0.15, -0.1) is 0 Å². The van der Waals surface area contributed by atoms with Crippen molar-refractivity contribution in [3.8, 4) is 5.75 Å². The fraction of sp³-hybridized carbons (Fsp3) is 0.583. The van der Waals surface area contributed by atoms with Crippen molar-refractivity contribution in [2.75, 3.05) is 44.8 Å². The van der Waals surface area contributed by atoms with Crippen LogP contribution in [0.2, 0.25) is 0 Å². The summed E-state index contributed by atoms with van der Waals surface area (Å²) >= 11 is 0. The van der Waals surface area contributed by atoms with Crippen molar-refractivity contribution in [2.24, 2.45) is 0 Å². The van der Waals surface area contributed by atoms with Crippen molar-refractivity contribution >= 4 is 12.0 Å². The zero-order chi connectivity index (χ0) is 13.7. The molecular weight excluding hydrogens is 248 g/mol. The van der Waals surface area contributed by atoms with Crippen molar-refractivity contribution in [3.05, 3.63) is 12.4 Å². The average molecular weight is 266 g/mol. The van der Waals surface area contributed by atoms with Crippen molar-refractivity contribution in [3.63, 3.8) is 0 Å². The van der Waals surface area contributed by atoms with Crippen LogP contribution >= 0.6 is 0 Å². The fourth-order valence-corrected chi connectivity index (χ4v) is 1.88. The van der Waals surface area contributed by atoms with Gasteiger partial charge in [0, 0.05) is 26.2 Å². The summed E-state index contributed by atoms with van der Waals surface area (Å²) in [5.41, 5.74) is 0. The largest absolute Gasteiger partial charge is 0.494 e. The van der Waals surface area contributed by atoms with Gasteiger partial charge in [0.1, 0.15) is 0 Å². The number of methoxy groups -OCH3 is 1. The molecule has 2 heterocycles. The number of amides is 1. The summed E-state index contributed by atoms with van der Waals surface area (Å²) in [6, 6.07) is 0. The van der Waals surface area contributed by atoms with Gasteiger partial charge in [0.2, 0.25) is 5.95 Å². The Morgan fingerprint density at radius 1 is 1.26 bits per heavy atom. The molecule has 1 amide bonds. The molecule has 0 aromatic carbocycles. The number of hydrogen-bond acceptors (Lipinski definition) is 6. The molecule has 1 aliphatic rings. The summed E-state index contributed by atoms with van der Waals surface area (Å²) in [4.78, 5) is 23.8. The van der Waals surface area contributed by atoms with Crippen molar-refractivity contribution in [2.45, 2.75) is 6.92 Å². The van der Waals surface area contributed by atoms with Gasteiger partial charge in [-0.3, -0.25) is 0 Å². The van der Waals surface area contributed by atoms with Gasteiger partial charge >= 0.3 is 6.09 Å². The van der Waals surface area contributed by atoms with Crippen LogP contribution in [0.25, 0.3) is 0 Å². The van der Waals surface area contributed by atoms with Gasteiger partial charge in [0.15, 0.2) is 5.75 Å². The van der Waals surface area contributed by atoms with E-state index in [1.54, 1.807) is 31.3 Å². The first-order chi connectivity index (χ1) is 9.24. The van der Waals surface area contributed by atoms with Gasteiger partial charge in [0.05, 0.1) is 26.1 Å². The third kappa shape index (κ3) is 3.24. The second-order valence-electron chi connectivity index (χ2n) is 4.10. The van der Waals surface area contributed by atoms with Crippen LogP contribution < -0.4 is 9.64 Å². The van der Waals surface area contributed by atoms with E-state index in [0.717, 1.165) is 0 Å². The zero-order valence-corrected chi connectivity index (χ0v) is 11.2. The van der Waals surface area contributed by atoms with Crippen molar-refractivity contribution < 1.29 is 14.3 Å². The van der Waals surface area contributed by atoms with Crippen LogP contribution in [0.4, 0.5) is 10.7 Å². The van der Waals surface area contributed by atoms with E-state index < -0.39 is 0 Å². The lowest BCUT2D eigenvalue weighted by molar-refractivity contribution is 0.105. The quantitative estimate of drug-likeness (QED) is 0.804. The van der Waals surface area contributed by atoms with E-state index in [1.807, 2.05) is 4.90 Å². The monoisotopic (exact) mass is 266 g/mol. The molecule has 7 heteroatoms. The van der Waals surface area contributed by atoms with E-state index in [9.17, 15) is 4.79 Å². The van der Waals surface area contributed by atoms with E-state index in [2.05, 4.69) is 9.97 Å². The number of hydrogen-bond donors (Lipinski definition) is 0. The standard InChI is InChI=1S/C12H18N4O3/c1-3-19-12(17)16-6-4-15(5-7-16)11-13-8-10(18-2)9-14-11/h8-9H,3-7H2,1-2H3. The number of aromatic nitrogens is 2. The Morgan fingerprint density at radius 3 is 2.42 bits per heavy atom. The van der Waals surface area contributed by atoms with Crippen LogP contribution in [0.15, 0.2) is 12.4 Å². The van der Waals surface area contributed by atoms with Gasteiger partial charge in [-0.1, -0.05) is 0 Å². The van der Waals surface area contributed by atoms with Crippen LogP contribution in [0, 0.1) is 0 Å². The minimum atomic E-state index is -0.252. The smallest absolute Gasteiger partial charge is 0.409 e. The average Bonchev–Trinajstić information content (AvgIpc) is 2.48. The highest BCUT2D eigenvalue weighted by molar-refractivity contribution is 5.68. The van der Waals surface area contributed by atoms with Gasteiger partial charge in [0.25, 0.3) is 0 Å². The van der Waals surface area contributed by atoms with E-state index in [4.69, 9.17) is 9.47 Å². The first-order valence-electron chi connectivity index (χ1n) is 6.27. The molecule has 1 aromatic heterocycles. The van der Waals surface area contributed by atoms with Gasteiger partial charge in [-0.05, 0) is 6.92 Å². The molecule has 1 aromatic rings. The van der Waals surface area contributed by atoms with Crippen molar-refractivity contribution in [1.29, 1.82) is 0 Å². The molecule has 0 saturated carbocycles. The molecule has 2 rings (SSSR count). The maximum absolute atomic E-state index is 11.6. The van der Waals surface area contributed by atoms with E-state index in [-0.39, 0.29) is 6.09 Å². The Balaban J connectivity index is 1.90. The highest BCUT2D eigenvalue weighted by Gasteiger charge is 2.23. The summed E-state index contributed by atoms with van der Waals surface area (Å²) < 4.78 is 9.99. The molecule has 0 radical (unpaired) electrons. The van der Waals surface area contributed by atoms with Crippen LogP contribution in [-0.4, -0.2) is 60.9 Å². The fourth-order valence-electron chi connectivity index (χ4n) is 1.88. The van der Waals surface area contributed by atoms with Gasteiger partial charge in [-0.2, -0.15) is 0 Å². The van der Waals surface area contributed by atoms with Crippen LogP contribution in [0.1, 0.15) is 6.92 Å². The Kier molecular flexibility index (Phi) is 4.38. The number of nitrogens with zero attached hydrogens (tertiary/aromatic N) is 4. The predicted molar refractivity (Wildman–Crippen MR) is 69.4 cm³/mol. The summed E-state index contributed by atoms with van der Waals surface area (Å²) in [6.07, 6.45) is 3.03. The van der Waals surface area contributed by atoms with E-state index >= 15 is 0 Å². The molecule has 0 bridgehead atoms. The maximum atomic E-state index is 11.6. The molecule has 104 valence electrons. The molecule has 1 aliphatic heterocycles. The van der Waals surface area contributed by atoms with Crippen LogP contribution in [0.5, 0.6) is 5.75 Å². The molecule has 1 saturated heterocycles. The first-order valence-corrected chi connectivity index (χ1v) is 6.27. The molecule has 0 unspecified atom stereocenters. The molecule has 19 heavy (non-hydrogen) atoms. The Labute approximate surface area is 112 Å². The highest BCUT2D eigenvalue weighted by atomic mass is 16.6. The Bertz CT molecular complexity index is 415. The molecule has 7 nitrogen and oxygen atoms in total. The summed E-state index contributed by atoms with van der Waals surface area (Å²) in [7, 11) is 1.58. The van der Waals surface area contributed by atoms with Crippen molar-refractivity contribution in [1.82, 2.24) is 14.9 Å². The van der Waals surface area contributed by atoms with Crippen LogP contribution in [0.3, 0.4) is 0 Å². The van der Waals surface area contributed by atoms with E-state index in [0.29, 0.717) is 44.5 Å². The number of anilines is 1. The molecule has 0 aliphatic carbocycles. The normalized spacial score (nSPS) is 15.3. The minimum absolute atomic E-state index is 0.252. The predicted octanol–water partition coefficient (Wildman–Crippen LogP) is 0.764. The highest BCUT2D eigenvalue weighted by Crippen LogP contribution is 2.14. The SMILES string of the molecule is CCOC(=O)N1CCN(c2ncc(OC)cn2)CC1. The minimum Gasteiger partial charge on any atom is -0.494 e. The van der Waals surface area contributed by atoms with Gasteiger partial charge < -0.3 is 19.3 Å². The maximum Gasteiger partial charge on any atom is 0.409 e. The summed E-state index contributed by atoms with van der Waals surface area (Å²) in [6.45, 7) is 4.85. The van der Waals surface area contributed by atoms with E-state index in [1.165, 1.54) is 0 Å². The summed E-state index contributed by atoms with van der Waals surface area (Å²) in [5.74, 6) is 1.29. The topological polar surface area (TPSA) is 67.8 Å². The molecule has 1 fully saturated rings. The molecular formula is C12H18N4O3. The second kappa shape index (κ2) is 6.21. The zero-order valence-electron chi connectivity index (χ0n) is 11.2. The Morgan fingerprint density at radius 2 is 1.89 bits per heavy atom. The van der Waals surface area contributed by atoms with Crippen LogP contribution in [-0.2, 0) is 4.74 Å². The summed E-state index contributed by atoms with van der Waals surface area (Å²) in [5, 5.41) is 0. The first kappa shape index (κ1) is 13.4. The number of piperazine rings is 1. The lowest BCUT2D eigenvalue weighted by Gasteiger charge is -2.33. The molecule has 0 N–H and O–H groups in total. The molecule has 0 spiro atoms. The third-order valence-electron chi connectivity index (χ3n) is 2.94. The molecule has 0 atom stereocenters. The Hall–Kier alpha value is -2.05. The van der Waals surface area contributed by atoms with Gasteiger partial charge in [-0.25, -0.2) is 14.8 Å². The number of carbonyl (C=O) groups is 1. The lowest BCUT2D eigenvalue weighted by atomic mass is 10.3. The second-order valence-corrected chi connectivity index (χ2v) is 4.10. The number of rotatable bonds is 3. The number of carbonyl (C=O) groups excluding carboxylic acids is 1. The number of ether oxygens (including phenoxy) is 2. The lowest BCUT2D eigenvalue weighted by Crippen LogP contribution is -2.49.